The fourth-order valence-electron chi connectivity index (χ4n) is 0.571. The van der Waals surface area contributed by atoms with Crippen LogP contribution in [0.5, 0.6) is 5.75 Å². The van der Waals surface area contributed by atoms with Gasteiger partial charge < -0.3 is 4.18 Å². The van der Waals surface area contributed by atoms with Crippen molar-refractivity contribution >= 4 is 46.8 Å². The molecule has 1 rings (SSSR count). The lowest BCUT2D eigenvalue weighted by Crippen LogP contribution is -1.97. The molecule has 1 nitrogen and oxygen atoms in total. The molecule has 0 unspecified atom stereocenters. The molecule has 0 spiro atoms. The molecule has 12 heavy (non-hydrogen) atoms. The lowest BCUT2D eigenvalue weighted by molar-refractivity contribution is 0.646. The second-order valence-corrected chi connectivity index (χ2v) is 5.82. The Balaban J connectivity index is 2.44. The average Bonchev–Trinajstić information content (AvgIpc) is 2.02. The standard InChI is InChI=1S/C7H5Cl3OS/c8-7(9,10)12-11-6-4-2-1-3-5-6/h1-5H. The van der Waals surface area contributed by atoms with Crippen LogP contribution in [0.1, 0.15) is 0 Å². The highest BCUT2D eigenvalue weighted by Gasteiger charge is 2.22. The molecule has 0 radical (unpaired) electrons. The summed E-state index contributed by atoms with van der Waals surface area (Å²) in [5, 5.41) is 0. The second-order valence-electron chi connectivity index (χ2n) is 1.93. The molecule has 0 aliphatic carbocycles. The molecule has 0 aromatic heterocycles. The molecule has 5 heteroatoms. The van der Waals surface area contributed by atoms with Crippen molar-refractivity contribution in [1.29, 1.82) is 0 Å². The summed E-state index contributed by atoms with van der Waals surface area (Å²) >= 11 is 17.1. The summed E-state index contributed by atoms with van der Waals surface area (Å²) in [5.74, 6) is 0.661. The minimum Gasteiger partial charge on any atom is -0.421 e. The van der Waals surface area contributed by atoms with E-state index in [-0.39, 0.29) is 0 Å². The number of rotatable bonds is 2. The van der Waals surface area contributed by atoms with Gasteiger partial charge in [-0.2, -0.15) is 0 Å². The van der Waals surface area contributed by atoms with Gasteiger partial charge in [0.15, 0.2) is 0 Å². The van der Waals surface area contributed by atoms with Crippen LogP contribution in [-0.4, -0.2) is 3.12 Å². The summed E-state index contributed by atoms with van der Waals surface area (Å²) in [6.07, 6.45) is 0. The van der Waals surface area contributed by atoms with E-state index >= 15 is 0 Å². The van der Waals surface area contributed by atoms with Crippen molar-refractivity contribution in [1.82, 2.24) is 0 Å². The number of benzene rings is 1. The van der Waals surface area contributed by atoms with Crippen molar-refractivity contribution < 1.29 is 4.18 Å². The van der Waals surface area contributed by atoms with Crippen LogP contribution in [0.15, 0.2) is 30.3 Å². The third kappa shape index (κ3) is 4.31. The highest BCUT2D eigenvalue weighted by molar-refractivity contribution is 8.00. The largest absolute Gasteiger partial charge is 0.421 e. The van der Waals surface area contributed by atoms with Gasteiger partial charge in [-0.3, -0.25) is 0 Å². The SMILES string of the molecule is ClC(Cl)(Cl)SOc1ccccc1. The van der Waals surface area contributed by atoms with Gasteiger partial charge in [-0.25, -0.2) is 0 Å². The van der Waals surface area contributed by atoms with E-state index in [9.17, 15) is 0 Å². The maximum Gasteiger partial charge on any atom is 0.274 e. The summed E-state index contributed by atoms with van der Waals surface area (Å²) in [5.41, 5.74) is 0. The van der Waals surface area contributed by atoms with E-state index in [2.05, 4.69) is 0 Å². The fraction of sp³-hybridized carbons (Fsp3) is 0.143. The predicted octanol–water partition coefficient (Wildman–Crippen LogP) is 4.04. The zero-order valence-corrected chi connectivity index (χ0v) is 8.92. The van der Waals surface area contributed by atoms with Crippen LogP contribution >= 0.6 is 46.8 Å². The van der Waals surface area contributed by atoms with E-state index in [1.165, 1.54) is 0 Å². The Hall–Kier alpha value is 0.240. The van der Waals surface area contributed by atoms with Gasteiger partial charge in [0.25, 0.3) is 3.12 Å². The molecule has 1 aromatic carbocycles. The average molecular weight is 244 g/mol. The molecular formula is C7H5Cl3OS. The number of hydrogen-bond acceptors (Lipinski definition) is 2. The second kappa shape index (κ2) is 4.47. The first kappa shape index (κ1) is 10.3. The van der Waals surface area contributed by atoms with Crippen LogP contribution in [-0.2, 0) is 0 Å². The molecule has 0 amide bonds. The lowest BCUT2D eigenvalue weighted by Gasteiger charge is -2.09. The van der Waals surface area contributed by atoms with Gasteiger partial charge in [-0.1, -0.05) is 53.0 Å². The third-order valence-electron chi connectivity index (χ3n) is 0.976. The monoisotopic (exact) mass is 242 g/mol. The van der Waals surface area contributed by atoms with E-state index in [0.29, 0.717) is 5.75 Å². The third-order valence-corrected chi connectivity index (χ3v) is 2.01. The van der Waals surface area contributed by atoms with Gasteiger partial charge in [0.2, 0.25) is 0 Å². The van der Waals surface area contributed by atoms with Gasteiger partial charge in [-0.05, 0) is 12.1 Å². The smallest absolute Gasteiger partial charge is 0.274 e. The molecule has 0 saturated carbocycles. The van der Waals surface area contributed by atoms with E-state index in [0.717, 1.165) is 12.0 Å². The summed E-state index contributed by atoms with van der Waals surface area (Å²) in [6, 6.07) is 9.13. The normalized spacial score (nSPS) is 11.2. The van der Waals surface area contributed by atoms with Crippen molar-refractivity contribution in [2.24, 2.45) is 0 Å². The highest BCUT2D eigenvalue weighted by Crippen LogP contribution is 2.39. The maximum absolute atomic E-state index is 5.45. The molecule has 0 atom stereocenters. The van der Waals surface area contributed by atoms with E-state index in [1.54, 1.807) is 12.1 Å². The Labute approximate surface area is 90.2 Å². The zero-order valence-electron chi connectivity index (χ0n) is 5.84. The molecule has 0 aliphatic heterocycles. The molecule has 0 heterocycles. The van der Waals surface area contributed by atoms with Gasteiger partial charge >= 0.3 is 0 Å². The van der Waals surface area contributed by atoms with Crippen molar-refractivity contribution in [2.45, 2.75) is 3.12 Å². The number of alkyl halides is 3. The van der Waals surface area contributed by atoms with Crippen molar-refractivity contribution in [3.8, 4) is 5.75 Å². The van der Waals surface area contributed by atoms with Crippen LogP contribution in [0.3, 0.4) is 0 Å². The molecular weight excluding hydrogens is 239 g/mol. The van der Waals surface area contributed by atoms with Gasteiger partial charge in [0, 0.05) is 0 Å². The highest BCUT2D eigenvalue weighted by atomic mass is 35.6. The first-order valence-electron chi connectivity index (χ1n) is 3.05. The fourth-order valence-corrected chi connectivity index (χ4v) is 1.16. The zero-order chi connectivity index (χ0) is 9.03. The van der Waals surface area contributed by atoms with Gasteiger partial charge in [0.1, 0.15) is 17.8 Å². The van der Waals surface area contributed by atoms with Crippen LogP contribution in [0.2, 0.25) is 0 Å². The van der Waals surface area contributed by atoms with Crippen LogP contribution in [0.4, 0.5) is 0 Å². The number of para-hydroxylation sites is 1. The molecule has 0 saturated heterocycles. The predicted molar refractivity (Wildman–Crippen MR) is 55.0 cm³/mol. The number of halogens is 3. The number of hydrogen-bond donors (Lipinski definition) is 0. The minimum absolute atomic E-state index is 0.661. The molecule has 0 N–H and O–H groups in total. The van der Waals surface area contributed by atoms with Gasteiger partial charge in [0.05, 0.1) is 0 Å². The molecule has 66 valence electrons. The summed E-state index contributed by atoms with van der Waals surface area (Å²) in [4.78, 5) is 0. The summed E-state index contributed by atoms with van der Waals surface area (Å²) in [7, 11) is 0. The lowest BCUT2D eigenvalue weighted by atomic mass is 10.3. The quantitative estimate of drug-likeness (QED) is 0.573. The molecule has 0 bridgehead atoms. The maximum atomic E-state index is 5.45. The van der Waals surface area contributed by atoms with E-state index < -0.39 is 3.12 Å². The Morgan fingerprint density at radius 1 is 1.08 bits per heavy atom. The van der Waals surface area contributed by atoms with Crippen LogP contribution in [0.25, 0.3) is 0 Å². The first-order chi connectivity index (χ1) is 5.58. The molecule has 0 aliphatic rings. The van der Waals surface area contributed by atoms with Crippen molar-refractivity contribution in [3.05, 3.63) is 30.3 Å². The Bertz CT molecular complexity index is 234. The van der Waals surface area contributed by atoms with Crippen LogP contribution in [0, 0.1) is 0 Å². The Morgan fingerprint density at radius 3 is 2.17 bits per heavy atom. The Kier molecular flexibility index (Phi) is 3.84. The molecule has 0 fully saturated rings. The van der Waals surface area contributed by atoms with Crippen LogP contribution < -0.4 is 4.18 Å². The van der Waals surface area contributed by atoms with Gasteiger partial charge in [-0.15, -0.1) is 0 Å². The first-order valence-corrected chi connectivity index (χ1v) is 4.93. The minimum atomic E-state index is -1.43. The van der Waals surface area contributed by atoms with Crippen molar-refractivity contribution in [2.75, 3.05) is 0 Å². The van der Waals surface area contributed by atoms with E-state index in [4.69, 9.17) is 39.0 Å². The summed E-state index contributed by atoms with van der Waals surface area (Å²) in [6.45, 7) is 0. The van der Waals surface area contributed by atoms with E-state index in [1.807, 2.05) is 18.2 Å². The topological polar surface area (TPSA) is 9.23 Å². The Morgan fingerprint density at radius 2 is 1.67 bits per heavy atom. The summed E-state index contributed by atoms with van der Waals surface area (Å²) < 4.78 is 3.66. The van der Waals surface area contributed by atoms with Crippen molar-refractivity contribution in [3.63, 3.8) is 0 Å². The molecule has 1 aromatic rings.